The molecule has 145 heavy (non-hydrogen) atoms. The summed E-state index contributed by atoms with van der Waals surface area (Å²) in [6.45, 7) is 11.0. The Bertz CT molecular complexity index is 7220. The number of unbranched alkanes of at least 4 members (excludes halogenated alkanes) is 1. The Labute approximate surface area is 863 Å². The fourth-order valence-electron chi connectivity index (χ4n) is 14.8. The molecule has 0 N–H and O–H groups in total. The van der Waals surface area contributed by atoms with Gasteiger partial charge < -0.3 is 62.2 Å². The third kappa shape index (κ3) is 29.6. The van der Waals surface area contributed by atoms with E-state index >= 15 is 0 Å². The van der Waals surface area contributed by atoms with Crippen LogP contribution in [0.15, 0.2) is 238 Å². The zero-order chi connectivity index (χ0) is 105. The van der Waals surface area contributed by atoms with E-state index in [2.05, 4.69) is 0 Å². The van der Waals surface area contributed by atoms with E-state index in [0.29, 0.717) is 72.6 Å². The molecule has 45 heteroatoms. The predicted molar refractivity (Wildman–Crippen MR) is 538 cm³/mol. The van der Waals surface area contributed by atoms with Gasteiger partial charge in [-0.25, -0.2) is 52.8 Å². The molecule has 15 rings (SSSR count). The largest absolute Gasteiger partial charge is 0.497 e. The highest BCUT2D eigenvalue weighted by atomic mass is 35.5. The van der Waals surface area contributed by atoms with E-state index in [0.717, 1.165) is 34.2 Å². The van der Waals surface area contributed by atoms with Crippen LogP contribution in [0, 0.1) is 90.1 Å². The molecule has 0 aromatic heterocycles. The van der Waals surface area contributed by atoms with Crippen LogP contribution in [0.2, 0.25) is 20.1 Å². The minimum atomic E-state index is -4.10. The normalized spacial score (nSPS) is 14.2. The first-order chi connectivity index (χ1) is 69.1. The third-order valence-corrected chi connectivity index (χ3v) is 31.0. The first-order valence-electron chi connectivity index (χ1n) is 44.5. The maximum Gasteiger partial charge on any atom is 0.415 e. The van der Waals surface area contributed by atoms with Crippen molar-refractivity contribution in [2.24, 2.45) is 0 Å². The van der Waals surface area contributed by atoms with E-state index in [4.69, 9.17) is 101 Å². The fraction of sp³-hybridized carbons (Fsp3) is 0.260. The Hall–Kier alpha value is -14.1. The molecule has 4 heterocycles. The van der Waals surface area contributed by atoms with Gasteiger partial charge in [0, 0.05) is 143 Å². The standard InChI is InChI=1S/C26H24ClN3O6S.C26H24ClN3O5S.C25H21ClN4O7S.C23H25Cl2N3O5S/c1-18-13-20(27)16-23(14-18)35-24-8-3-19(17-28)15-25(24)37(32,33)30-11-9-29(10-12-30)26(31)36-22-6-4-21(34-2)5-7-22;1-18-3-6-22(7-4-18)35-26(31)29-9-11-30(12-10-29)36(32,33)25-15-20(17-28)5-8-24(25)34-23-14-19(2)13-21(27)16-23;1-17-12-19(26)15-22(13-17)36-23-7-2-18(16-27)14-24(23)38(34,35)29-10-8-28(9-11-29)25(31)37-21-5-3-20(4-6-21)30(32)33;1-17-12-19(25)15-20(13-17)33-21-5-4-18(16-26)14-22(21)34(30,31)28-9-7-27(8-10-28)23(29)32-11-3-2-6-24/h3-8,13-16H,9-12H2,1-2H3;3-8,13-16H,9-12H2,1-2H3;2-7,12-15H,8-11H2,1H3;4-5,12-15H,2-3,6-11H2,1H3. The van der Waals surface area contributed by atoms with Crippen LogP contribution >= 0.6 is 58.0 Å². The van der Waals surface area contributed by atoms with Gasteiger partial charge in [-0.2, -0.15) is 38.3 Å². The van der Waals surface area contributed by atoms with Crippen LogP contribution < -0.4 is 37.9 Å². The van der Waals surface area contributed by atoms with Crippen LogP contribution in [-0.2, 0) is 44.8 Å². The Morgan fingerprint density at radius 2 is 0.572 bits per heavy atom. The van der Waals surface area contributed by atoms with Crippen molar-refractivity contribution in [3.05, 3.63) is 299 Å². The number of methoxy groups -OCH3 is 1. The molecule has 4 amide bonds. The molecule has 11 aromatic carbocycles. The number of rotatable bonds is 25. The lowest BCUT2D eigenvalue weighted by molar-refractivity contribution is -0.384. The number of nitro benzene ring substituents is 1. The van der Waals surface area contributed by atoms with Gasteiger partial charge in [-0.15, -0.1) is 11.6 Å². The van der Waals surface area contributed by atoms with Gasteiger partial charge in [0.05, 0.1) is 65.2 Å². The molecular formula is C100H94Cl5N13O23S4. The molecule has 0 unspecified atom stereocenters. The second-order valence-electron chi connectivity index (χ2n) is 32.8. The zero-order valence-corrected chi connectivity index (χ0v) is 85.7. The molecule has 0 bridgehead atoms. The van der Waals surface area contributed by atoms with Crippen LogP contribution in [0.3, 0.4) is 0 Å². The number of non-ortho nitro benzene ring substituents is 1. The highest BCUT2D eigenvalue weighted by Crippen LogP contribution is 2.41. The summed E-state index contributed by atoms with van der Waals surface area (Å²) in [5, 5.41) is 49.9. The number of alkyl halides is 1. The SMILES string of the molecule is COc1ccc(OC(=O)N2CCN(S(=O)(=O)c3cc(C#N)ccc3Oc3cc(C)cc(Cl)c3)CC2)cc1.Cc1cc(Cl)cc(Oc2ccc(C#N)cc2S(=O)(=O)N2CCN(C(=O)OCCCCCl)CC2)c1.Cc1cc(Cl)cc(Oc2ccc(C#N)cc2S(=O)(=O)N2CCN(C(=O)Oc3ccc([N+](=O)[O-])cc3)CC2)c1.Cc1ccc(OC(=O)N2CCN(S(=O)(=O)c3cc(C#N)ccc3Oc3cc(C)cc(Cl)c3)CC2)cc1. The van der Waals surface area contributed by atoms with Crippen molar-refractivity contribution in [2.45, 2.75) is 67.0 Å². The number of hydrogen-bond acceptors (Lipinski definition) is 27. The molecule has 4 aliphatic rings. The smallest absolute Gasteiger partial charge is 0.415 e. The molecule has 4 aliphatic heterocycles. The van der Waals surface area contributed by atoms with E-state index in [1.54, 1.807) is 116 Å². The molecule has 0 aliphatic carbocycles. The summed E-state index contributed by atoms with van der Waals surface area (Å²) in [7, 11) is -14.7. The number of nitrogens with zero attached hydrogens (tertiary/aromatic N) is 13. The Morgan fingerprint density at radius 1 is 0.324 bits per heavy atom. The molecular weight excluding hydrogens is 2060 g/mol. The van der Waals surface area contributed by atoms with Crippen molar-refractivity contribution in [3.63, 3.8) is 0 Å². The second-order valence-corrected chi connectivity index (χ2v) is 42.5. The number of carbonyl (C=O) groups is 4. The monoisotopic (exact) mass is 2150 g/mol. The number of ether oxygens (including phenoxy) is 9. The summed E-state index contributed by atoms with van der Waals surface area (Å²) in [4.78, 5) is 65.2. The van der Waals surface area contributed by atoms with E-state index in [1.165, 1.54) is 134 Å². The lowest BCUT2D eigenvalue weighted by Gasteiger charge is -2.33. The average Bonchev–Trinajstić information content (AvgIpc) is 0.786. The average molecular weight is 2150 g/mol. The van der Waals surface area contributed by atoms with Crippen molar-refractivity contribution in [1.82, 2.24) is 36.8 Å². The van der Waals surface area contributed by atoms with Crippen LogP contribution in [0.1, 0.15) is 62.9 Å². The highest BCUT2D eigenvalue weighted by Gasteiger charge is 2.39. The van der Waals surface area contributed by atoms with E-state index < -0.39 is 69.4 Å². The summed E-state index contributed by atoms with van der Waals surface area (Å²) >= 11 is 30.1. The minimum Gasteiger partial charge on any atom is -0.497 e. The molecule has 4 saturated heterocycles. The maximum atomic E-state index is 13.6. The van der Waals surface area contributed by atoms with Crippen LogP contribution in [0.25, 0.3) is 0 Å². The summed E-state index contributed by atoms with van der Waals surface area (Å²) in [6.07, 6.45) is -0.867. The topological polar surface area (TPSA) is 452 Å². The summed E-state index contributed by atoms with van der Waals surface area (Å²) in [5.41, 5.74) is 4.96. The number of sulfonamides is 4. The minimum absolute atomic E-state index is 0.0236. The highest BCUT2D eigenvalue weighted by molar-refractivity contribution is 7.90. The van der Waals surface area contributed by atoms with Gasteiger partial charge in [0.1, 0.15) is 88.6 Å². The number of benzene rings is 11. The summed E-state index contributed by atoms with van der Waals surface area (Å²) in [6, 6.07) is 63.6. The van der Waals surface area contributed by atoms with Crippen LogP contribution in [0.4, 0.5) is 24.9 Å². The maximum absolute atomic E-state index is 13.6. The van der Waals surface area contributed by atoms with E-state index in [1.807, 2.05) is 71.0 Å². The molecule has 0 saturated carbocycles. The quantitative estimate of drug-likeness (QED) is 0.0222. The summed E-state index contributed by atoms with van der Waals surface area (Å²) in [5.74, 6) is 3.79. The van der Waals surface area contributed by atoms with Gasteiger partial charge in [-0.05, 0) is 264 Å². The van der Waals surface area contributed by atoms with Gasteiger partial charge in [0.25, 0.3) is 5.69 Å². The van der Waals surface area contributed by atoms with Crippen LogP contribution in [0.5, 0.6) is 69.0 Å². The van der Waals surface area contributed by atoms with Gasteiger partial charge in [0.15, 0.2) is 0 Å². The number of nitriles is 4. The zero-order valence-electron chi connectivity index (χ0n) is 78.7. The number of carbonyl (C=O) groups excluding carboxylic acids is 4. The Balaban J connectivity index is 0.000000172. The number of hydrogen-bond donors (Lipinski definition) is 0. The lowest BCUT2D eigenvalue weighted by atomic mass is 10.2. The molecule has 0 atom stereocenters. The van der Waals surface area contributed by atoms with Crippen molar-refractivity contribution in [3.8, 4) is 93.3 Å². The lowest BCUT2D eigenvalue weighted by Crippen LogP contribution is -2.51. The number of aryl methyl sites for hydroxylation is 5. The van der Waals surface area contributed by atoms with Crippen LogP contribution in [-0.4, -0.2) is 224 Å². The predicted octanol–water partition coefficient (Wildman–Crippen LogP) is 19.5. The van der Waals surface area contributed by atoms with Crippen molar-refractivity contribution < 1.29 is 100 Å². The Kier molecular flexibility index (Phi) is 37.8. The van der Waals surface area contributed by atoms with Crippen molar-refractivity contribution >= 4 is 128 Å². The molecule has 4 fully saturated rings. The molecule has 756 valence electrons. The van der Waals surface area contributed by atoms with Crippen molar-refractivity contribution in [2.75, 3.05) is 124 Å². The number of halogens is 5. The number of nitro groups is 1. The number of piperazine rings is 4. The molecule has 0 radical (unpaired) electrons. The van der Waals surface area contributed by atoms with Gasteiger partial charge >= 0.3 is 24.4 Å². The van der Waals surface area contributed by atoms with Gasteiger partial charge in [0.2, 0.25) is 40.1 Å². The van der Waals surface area contributed by atoms with Gasteiger partial charge in [-0.3, -0.25) is 10.1 Å². The number of amides is 4. The third-order valence-electron chi connectivity index (χ3n) is 22.2. The van der Waals surface area contributed by atoms with E-state index in [-0.39, 0.29) is 188 Å². The first kappa shape index (κ1) is 110. The second kappa shape index (κ2) is 50.0. The van der Waals surface area contributed by atoms with Gasteiger partial charge in [-0.1, -0.05) is 64.1 Å². The van der Waals surface area contributed by atoms with Crippen molar-refractivity contribution in [1.29, 1.82) is 21.0 Å². The first-order valence-corrected chi connectivity index (χ1v) is 52.3. The molecule has 36 nitrogen and oxygen atoms in total. The van der Waals surface area contributed by atoms with E-state index in [9.17, 15) is 84.0 Å². The fourth-order valence-corrected chi connectivity index (χ4v) is 22.4. The summed E-state index contributed by atoms with van der Waals surface area (Å²) < 4.78 is 163. The molecule has 11 aromatic rings. The Morgan fingerprint density at radius 3 is 0.814 bits per heavy atom. The molecule has 0 spiro atoms.